The zero-order valence-corrected chi connectivity index (χ0v) is 21.6. The highest BCUT2D eigenvalue weighted by atomic mass is 32.1. The maximum atomic E-state index is 5.75. The van der Waals surface area contributed by atoms with Crippen LogP contribution in [0.1, 0.15) is 51.6 Å². The summed E-state index contributed by atoms with van der Waals surface area (Å²) in [5, 5.41) is 11.1. The number of nitrogens with one attached hydrogen (secondary N) is 2. The Morgan fingerprint density at radius 1 is 0.848 bits per heavy atom. The van der Waals surface area contributed by atoms with Crippen LogP contribution in [0, 0.1) is 5.92 Å². The van der Waals surface area contributed by atoms with E-state index < -0.39 is 7.92 Å². The SMILES string of the molecule is C[C@H](NC(=S)N[C@@H](C)[C@H]1CCC[C@@]1(C)P(c1ccccc1)c1ccccc1)c1ccccc1. The smallest absolute Gasteiger partial charge is 0.166 e. The Bertz CT molecular complexity index is 988. The quantitative estimate of drug-likeness (QED) is 0.311. The molecule has 0 bridgehead atoms. The monoisotopic (exact) mass is 474 g/mol. The average molecular weight is 475 g/mol. The highest BCUT2D eigenvalue weighted by molar-refractivity contribution is 7.80. The fourth-order valence-corrected chi connectivity index (χ4v) is 9.35. The first kappa shape index (κ1) is 23.9. The molecule has 0 spiro atoms. The second kappa shape index (κ2) is 10.8. The molecule has 1 aliphatic carbocycles. The van der Waals surface area contributed by atoms with Gasteiger partial charge < -0.3 is 10.6 Å². The highest BCUT2D eigenvalue weighted by Gasteiger charge is 2.48. The van der Waals surface area contributed by atoms with Crippen LogP contribution in [0.5, 0.6) is 0 Å². The van der Waals surface area contributed by atoms with E-state index in [2.05, 4.69) is 116 Å². The molecule has 4 heteroatoms. The molecule has 1 fully saturated rings. The summed E-state index contributed by atoms with van der Waals surface area (Å²) in [5.74, 6) is 0.552. The molecule has 1 aliphatic rings. The van der Waals surface area contributed by atoms with Gasteiger partial charge in [0.25, 0.3) is 0 Å². The van der Waals surface area contributed by atoms with Crippen molar-refractivity contribution in [2.24, 2.45) is 5.92 Å². The molecule has 0 aliphatic heterocycles. The lowest BCUT2D eigenvalue weighted by Crippen LogP contribution is -2.49. The van der Waals surface area contributed by atoms with E-state index in [-0.39, 0.29) is 11.2 Å². The van der Waals surface area contributed by atoms with E-state index in [4.69, 9.17) is 12.2 Å². The van der Waals surface area contributed by atoms with Crippen molar-refractivity contribution in [3.05, 3.63) is 96.6 Å². The van der Waals surface area contributed by atoms with Crippen LogP contribution in [0.25, 0.3) is 0 Å². The van der Waals surface area contributed by atoms with Crippen LogP contribution in [0.2, 0.25) is 0 Å². The fraction of sp³-hybridized carbons (Fsp3) is 0.345. The standard InChI is InChI=1S/C29H35N2PS/c1-22(24-14-7-4-8-15-24)30-28(33)31-23(2)27-20-13-21-29(27,3)32(25-16-9-5-10-17-25)26-18-11-6-12-19-26/h4-12,14-19,22-23,27H,13,20-21H2,1-3H3,(H2,30,31,33)/t22-,23-,27+,29+/m0/s1. The normalized spacial score (nSPS) is 22.0. The van der Waals surface area contributed by atoms with Crippen molar-refractivity contribution in [3.8, 4) is 0 Å². The van der Waals surface area contributed by atoms with Gasteiger partial charge in [-0.1, -0.05) is 104 Å². The van der Waals surface area contributed by atoms with E-state index in [1.807, 2.05) is 6.07 Å². The molecule has 4 atom stereocenters. The van der Waals surface area contributed by atoms with E-state index in [9.17, 15) is 0 Å². The minimum Gasteiger partial charge on any atom is -0.360 e. The van der Waals surface area contributed by atoms with E-state index in [1.54, 1.807) is 0 Å². The second-order valence-electron chi connectivity index (χ2n) is 9.40. The van der Waals surface area contributed by atoms with Gasteiger partial charge in [0.2, 0.25) is 0 Å². The Kier molecular flexibility index (Phi) is 7.83. The lowest BCUT2D eigenvalue weighted by atomic mass is 9.90. The van der Waals surface area contributed by atoms with E-state index in [0.717, 1.165) is 5.11 Å². The third kappa shape index (κ3) is 5.48. The predicted octanol–water partition coefficient (Wildman–Crippen LogP) is 6.29. The Hall–Kier alpha value is -2.22. The van der Waals surface area contributed by atoms with Crippen molar-refractivity contribution in [1.29, 1.82) is 0 Å². The molecular formula is C29H35N2PS. The second-order valence-corrected chi connectivity index (χ2v) is 12.5. The summed E-state index contributed by atoms with van der Waals surface area (Å²) < 4.78 is 0. The summed E-state index contributed by atoms with van der Waals surface area (Å²) in [5.41, 5.74) is 1.25. The average Bonchev–Trinajstić information content (AvgIpc) is 3.23. The molecule has 3 aromatic carbocycles. The first-order chi connectivity index (χ1) is 16.0. The number of thiocarbonyl (C=S) groups is 1. The summed E-state index contributed by atoms with van der Waals surface area (Å²) in [6, 6.07) is 33.3. The van der Waals surface area contributed by atoms with Gasteiger partial charge in [0.15, 0.2) is 5.11 Å². The van der Waals surface area contributed by atoms with E-state index >= 15 is 0 Å². The Balaban J connectivity index is 1.54. The highest BCUT2D eigenvalue weighted by Crippen LogP contribution is 2.59. The third-order valence-electron chi connectivity index (χ3n) is 7.15. The van der Waals surface area contributed by atoms with Gasteiger partial charge in [0.05, 0.1) is 6.04 Å². The minimum absolute atomic E-state index is 0.180. The van der Waals surface area contributed by atoms with Crippen LogP contribution in [0.15, 0.2) is 91.0 Å². The molecule has 0 aromatic heterocycles. The molecule has 0 radical (unpaired) electrons. The lowest BCUT2D eigenvalue weighted by molar-refractivity contribution is 0.365. The van der Waals surface area contributed by atoms with Crippen molar-refractivity contribution in [3.63, 3.8) is 0 Å². The van der Waals surface area contributed by atoms with E-state index in [1.165, 1.54) is 35.4 Å². The maximum Gasteiger partial charge on any atom is 0.166 e. The summed E-state index contributed by atoms with van der Waals surface area (Å²) >= 11 is 5.75. The molecule has 0 heterocycles. The first-order valence-corrected chi connectivity index (χ1v) is 13.8. The molecule has 4 rings (SSSR count). The minimum atomic E-state index is -0.487. The summed E-state index contributed by atoms with van der Waals surface area (Å²) in [6.07, 6.45) is 3.76. The number of benzene rings is 3. The van der Waals surface area contributed by atoms with Crippen molar-refractivity contribution < 1.29 is 0 Å². The number of rotatable bonds is 7. The van der Waals surface area contributed by atoms with Gasteiger partial charge in [-0.15, -0.1) is 0 Å². The van der Waals surface area contributed by atoms with Crippen molar-refractivity contribution in [1.82, 2.24) is 10.6 Å². The fourth-order valence-electron chi connectivity index (χ4n) is 5.51. The third-order valence-corrected chi connectivity index (χ3v) is 10.6. The molecule has 0 unspecified atom stereocenters. The molecule has 0 amide bonds. The Morgan fingerprint density at radius 2 is 1.36 bits per heavy atom. The van der Waals surface area contributed by atoms with E-state index in [0.29, 0.717) is 12.0 Å². The van der Waals surface area contributed by atoms with Gasteiger partial charge in [0.1, 0.15) is 0 Å². The van der Waals surface area contributed by atoms with Gasteiger partial charge in [-0.05, 0) is 68.9 Å². The summed E-state index contributed by atoms with van der Waals surface area (Å²) in [7, 11) is -0.487. The topological polar surface area (TPSA) is 24.1 Å². The van der Waals surface area contributed by atoms with Gasteiger partial charge >= 0.3 is 0 Å². The molecular weight excluding hydrogens is 439 g/mol. The van der Waals surface area contributed by atoms with Crippen LogP contribution in [-0.2, 0) is 0 Å². The van der Waals surface area contributed by atoms with Crippen LogP contribution < -0.4 is 21.2 Å². The van der Waals surface area contributed by atoms with Crippen molar-refractivity contribution in [2.45, 2.75) is 57.3 Å². The summed E-state index contributed by atoms with van der Waals surface area (Å²) in [4.78, 5) is 0. The van der Waals surface area contributed by atoms with Gasteiger partial charge in [-0.25, -0.2) is 0 Å². The molecule has 0 saturated heterocycles. The van der Waals surface area contributed by atoms with Crippen molar-refractivity contribution in [2.75, 3.05) is 0 Å². The summed E-state index contributed by atoms with van der Waals surface area (Å²) in [6.45, 7) is 7.01. The van der Waals surface area contributed by atoms with Crippen LogP contribution in [-0.4, -0.2) is 16.3 Å². The Morgan fingerprint density at radius 3 is 1.91 bits per heavy atom. The molecule has 3 aromatic rings. The number of hydrogen-bond acceptors (Lipinski definition) is 1. The Labute approximate surface area is 206 Å². The molecule has 2 nitrogen and oxygen atoms in total. The zero-order chi connectivity index (χ0) is 23.3. The van der Waals surface area contributed by atoms with Crippen LogP contribution in [0.4, 0.5) is 0 Å². The molecule has 172 valence electrons. The largest absolute Gasteiger partial charge is 0.360 e. The maximum absolute atomic E-state index is 5.75. The zero-order valence-electron chi connectivity index (χ0n) is 19.9. The van der Waals surface area contributed by atoms with Crippen LogP contribution >= 0.6 is 20.1 Å². The number of hydrogen-bond donors (Lipinski definition) is 2. The lowest BCUT2D eigenvalue weighted by Gasteiger charge is -2.43. The van der Waals surface area contributed by atoms with Gasteiger partial charge in [0, 0.05) is 11.2 Å². The van der Waals surface area contributed by atoms with Crippen molar-refractivity contribution >= 4 is 35.9 Å². The van der Waals surface area contributed by atoms with Gasteiger partial charge in [-0.2, -0.15) is 0 Å². The predicted molar refractivity (Wildman–Crippen MR) is 148 cm³/mol. The molecule has 1 saturated carbocycles. The molecule has 33 heavy (non-hydrogen) atoms. The first-order valence-electron chi connectivity index (χ1n) is 12.0. The van der Waals surface area contributed by atoms with Crippen LogP contribution in [0.3, 0.4) is 0 Å². The molecule has 2 N–H and O–H groups in total. The van der Waals surface area contributed by atoms with Gasteiger partial charge in [-0.3, -0.25) is 0 Å².